The number of rotatable bonds is 1. The van der Waals surface area contributed by atoms with Crippen molar-refractivity contribution in [3.8, 4) is 28.6 Å². The highest BCUT2D eigenvalue weighted by Gasteiger charge is 2.41. The zero-order chi connectivity index (χ0) is 16.2. The minimum atomic E-state index is -2.85. The van der Waals surface area contributed by atoms with Gasteiger partial charge in [-0.2, -0.15) is 0 Å². The second-order valence-corrected chi connectivity index (χ2v) is 4.80. The van der Waals surface area contributed by atoms with Gasteiger partial charge in [0, 0.05) is 11.6 Å². The highest BCUT2D eigenvalue weighted by molar-refractivity contribution is 6.08. The second kappa shape index (κ2) is 4.26. The third-order valence-corrected chi connectivity index (χ3v) is 3.24. The number of phenolic OH excluding ortho intramolecular Hbond substituents is 3. The number of furan rings is 1. The molecule has 0 unspecified atom stereocenters. The van der Waals surface area contributed by atoms with E-state index in [2.05, 4.69) is 0 Å². The molecule has 6 N–H and O–H groups in total. The maximum Gasteiger partial charge on any atom is 0.253 e. The van der Waals surface area contributed by atoms with E-state index < -0.39 is 34.6 Å². The molecule has 1 aromatic heterocycles. The van der Waals surface area contributed by atoms with Crippen LogP contribution in [0.5, 0.6) is 17.2 Å². The molecule has 1 heterocycles. The van der Waals surface area contributed by atoms with Gasteiger partial charge in [-0.05, 0) is 18.2 Å². The molecule has 22 heavy (non-hydrogen) atoms. The van der Waals surface area contributed by atoms with Crippen molar-refractivity contribution in [2.24, 2.45) is 0 Å². The quantitative estimate of drug-likeness (QED) is 0.335. The van der Waals surface area contributed by atoms with Gasteiger partial charge >= 0.3 is 0 Å². The second-order valence-electron chi connectivity index (χ2n) is 4.80. The van der Waals surface area contributed by atoms with Gasteiger partial charge in [0.05, 0.1) is 5.56 Å². The zero-order valence-electron chi connectivity index (χ0n) is 10.8. The minimum Gasteiger partial charge on any atom is -0.504 e. The lowest BCUT2D eigenvalue weighted by Gasteiger charge is -2.19. The third-order valence-electron chi connectivity index (χ3n) is 3.24. The molecule has 8 nitrogen and oxygen atoms in total. The average Bonchev–Trinajstić information content (AvgIpc) is 2.87. The van der Waals surface area contributed by atoms with Crippen LogP contribution in [-0.4, -0.2) is 42.2 Å². The summed E-state index contributed by atoms with van der Waals surface area (Å²) in [5.41, 5.74) is -0.170. The average molecular weight is 306 g/mol. The Balaban J connectivity index is 2.17. The predicted molar refractivity (Wildman–Crippen MR) is 71.2 cm³/mol. The number of aliphatic hydroxyl groups excluding tert-OH is 1. The van der Waals surface area contributed by atoms with Crippen molar-refractivity contribution in [1.82, 2.24) is 0 Å². The summed E-state index contributed by atoms with van der Waals surface area (Å²) in [5.74, 6) is -6.85. The summed E-state index contributed by atoms with van der Waals surface area (Å²) >= 11 is 0. The van der Waals surface area contributed by atoms with Crippen molar-refractivity contribution in [1.29, 1.82) is 0 Å². The van der Waals surface area contributed by atoms with Gasteiger partial charge in [-0.15, -0.1) is 0 Å². The molecule has 1 aromatic carbocycles. The number of phenols is 3. The number of benzene rings is 1. The Morgan fingerprint density at radius 2 is 1.55 bits per heavy atom. The van der Waals surface area contributed by atoms with E-state index in [1.54, 1.807) is 0 Å². The topological polar surface area (TPSA) is 152 Å². The van der Waals surface area contributed by atoms with E-state index in [-0.39, 0.29) is 22.6 Å². The smallest absolute Gasteiger partial charge is 0.253 e. The van der Waals surface area contributed by atoms with E-state index in [9.17, 15) is 35.4 Å². The molecule has 0 fully saturated rings. The Hall–Kier alpha value is -2.97. The Morgan fingerprint density at radius 1 is 0.955 bits per heavy atom. The molecule has 2 aromatic rings. The standard InChI is InChI=1S/C14H10O8/c15-7-1-5(2-8(16)11(7)18)10-3-6-12(22-10)9(17)4-14(20,21)13(6)19/h1-4,15-18,20-21H. The number of aliphatic hydroxyl groups is 3. The first kappa shape index (κ1) is 14.0. The third kappa shape index (κ3) is 1.90. The fourth-order valence-electron chi connectivity index (χ4n) is 2.16. The summed E-state index contributed by atoms with van der Waals surface area (Å²) in [4.78, 5) is 11.9. The van der Waals surface area contributed by atoms with Crippen molar-refractivity contribution >= 4 is 11.5 Å². The Bertz CT molecular complexity index is 804. The first-order valence-corrected chi connectivity index (χ1v) is 6.01. The molecule has 0 saturated heterocycles. The number of hydrogen-bond donors (Lipinski definition) is 6. The number of carbonyl (C=O) groups is 1. The molecule has 3 rings (SSSR count). The predicted octanol–water partition coefficient (Wildman–Crippen LogP) is 0.840. The summed E-state index contributed by atoms with van der Waals surface area (Å²) in [6, 6.07) is 3.25. The van der Waals surface area contributed by atoms with E-state index in [4.69, 9.17) is 4.42 Å². The summed E-state index contributed by atoms with van der Waals surface area (Å²) < 4.78 is 5.25. The lowest BCUT2D eigenvalue weighted by molar-refractivity contribution is -0.0839. The van der Waals surface area contributed by atoms with Crippen molar-refractivity contribution in [3.63, 3.8) is 0 Å². The van der Waals surface area contributed by atoms with Crippen LogP contribution in [-0.2, 0) is 0 Å². The van der Waals surface area contributed by atoms with Crippen LogP contribution >= 0.6 is 0 Å². The van der Waals surface area contributed by atoms with Crippen LogP contribution in [0.3, 0.4) is 0 Å². The van der Waals surface area contributed by atoms with E-state index in [1.165, 1.54) is 0 Å². The molecule has 0 amide bonds. The van der Waals surface area contributed by atoms with E-state index in [1.807, 2.05) is 0 Å². The maximum atomic E-state index is 11.9. The fraction of sp³-hybridized carbons (Fsp3) is 0.0714. The largest absolute Gasteiger partial charge is 0.504 e. The van der Waals surface area contributed by atoms with Gasteiger partial charge in [0.25, 0.3) is 5.79 Å². The van der Waals surface area contributed by atoms with E-state index in [0.29, 0.717) is 6.08 Å². The normalized spacial score (nSPS) is 16.3. The highest BCUT2D eigenvalue weighted by Crippen LogP contribution is 2.41. The van der Waals surface area contributed by atoms with Crippen molar-refractivity contribution in [2.45, 2.75) is 5.79 Å². The van der Waals surface area contributed by atoms with E-state index in [0.717, 1.165) is 18.2 Å². The molecule has 1 aliphatic carbocycles. The van der Waals surface area contributed by atoms with Crippen LogP contribution in [0.25, 0.3) is 17.1 Å². The van der Waals surface area contributed by atoms with Crippen LogP contribution in [0.1, 0.15) is 16.1 Å². The van der Waals surface area contributed by atoms with Gasteiger partial charge in [-0.3, -0.25) is 4.79 Å². The molecule has 0 spiro atoms. The fourth-order valence-corrected chi connectivity index (χ4v) is 2.16. The molecule has 0 aliphatic heterocycles. The lowest BCUT2D eigenvalue weighted by Crippen LogP contribution is -2.38. The monoisotopic (exact) mass is 306 g/mol. The van der Waals surface area contributed by atoms with Gasteiger partial charge in [-0.1, -0.05) is 0 Å². The molecule has 8 heteroatoms. The molecule has 114 valence electrons. The van der Waals surface area contributed by atoms with Gasteiger partial charge in [-0.25, -0.2) is 0 Å². The van der Waals surface area contributed by atoms with Gasteiger partial charge in [0.1, 0.15) is 5.76 Å². The molecular weight excluding hydrogens is 296 g/mol. The zero-order valence-corrected chi connectivity index (χ0v) is 10.8. The number of Topliss-reactive ketones (excluding diaryl/α,β-unsaturated/α-hetero) is 1. The molecule has 0 bridgehead atoms. The van der Waals surface area contributed by atoms with Crippen molar-refractivity contribution < 1.29 is 39.9 Å². The molecular formula is C14H10O8. The Kier molecular flexibility index (Phi) is 2.71. The Morgan fingerprint density at radius 3 is 2.14 bits per heavy atom. The van der Waals surface area contributed by atoms with Crippen molar-refractivity contribution in [3.05, 3.63) is 35.6 Å². The first-order valence-electron chi connectivity index (χ1n) is 6.01. The molecule has 0 atom stereocenters. The number of carbonyl (C=O) groups excluding carboxylic acids is 1. The number of hydrogen-bond acceptors (Lipinski definition) is 8. The summed E-state index contributed by atoms with van der Waals surface area (Å²) in [5, 5.41) is 56.9. The first-order chi connectivity index (χ1) is 10.2. The van der Waals surface area contributed by atoms with Crippen LogP contribution in [0.15, 0.2) is 28.7 Å². The van der Waals surface area contributed by atoms with Crippen LogP contribution < -0.4 is 0 Å². The number of fused-ring (bicyclic) bond motifs is 1. The number of ketones is 1. The van der Waals surface area contributed by atoms with E-state index >= 15 is 0 Å². The summed E-state index contributed by atoms with van der Waals surface area (Å²) in [7, 11) is 0. The minimum absolute atomic E-state index is 0.0402. The maximum absolute atomic E-state index is 11.9. The molecule has 0 saturated carbocycles. The van der Waals surface area contributed by atoms with Crippen LogP contribution in [0, 0.1) is 0 Å². The van der Waals surface area contributed by atoms with Gasteiger partial charge in [0.15, 0.2) is 28.8 Å². The SMILES string of the molecule is O=C1c2cc(-c3cc(O)c(O)c(O)c3)oc2C(O)=CC1(O)O. The van der Waals surface area contributed by atoms with Gasteiger partial charge in [0.2, 0.25) is 5.78 Å². The van der Waals surface area contributed by atoms with Crippen LogP contribution in [0.2, 0.25) is 0 Å². The Labute approximate surface area is 122 Å². The molecule has 1 aliphatic rings. The summed E-state index contributed by atoms with van der Waals surface area (Å²) in [6.45, 7) is 0. The van der Waals surface area contributed by atoms with Crippen molar-refractivity contribution in [2.75, 3.05) is 0 Å². The van der Waals surface area contributed by atoms with Gasteiger partial charge < -0.3 is 35.1 Å². The van der Waals surface area contributed by atoms with Crippen LogP contribution in [0.4, 0.5) is 0 Å². The lowest BCUT2D eigenvalue weighted by atomic mass is 9.96. The summed E-state index contributed by atoms with van der Waals surface area (Å²) in [6.07, 6.45) is 0.525. The number of aromatic hydroxyl groups is 3. The highest BCUT2D eigenvalue weighted by atomic mass is 16.5. The molecule has 0 radical (unpaired) electrons.